The van der Waals surface area contributed by atoms with E-state index < -0.39 is 10.0 Å². The van der Waals surface area contributed by atoms with Crippen molar-refractivity contribution in [3.05, 3.63) is 60.2 Å². The van der Waals surface area contributed by atoms with E-state index >= 15 is 0 Å². The average Bonchev–Trinajstić information content (AvgIpc) is 2.69. The van der Waals surface area contributed by atoms with Crippen LogP contribution in [0.2, 0.25) is 0 Å². The molecule has 1 amide bonds. The van der Waals surface area contributed by atoms with E-state index in [0.29, 0.717) is 43.9 Å². The third-order valence-corrected chi connectivity index (χ3v) is 6.11. The van der Waals surface area contributed by atoms with Crippen molar-refractivity contribution >= 4 is 15.9 Å². The zero-order chi connectivity index (χ0) is 19.3. The summed E-state index contributed by atoms with van der Waals surface area (Å²) in [5, 5.41) is 0. The fourth-order valence-corrected chi connectivity index (χ4v) is 4.51. The molecule has 1 aliphatic rings. The monoisotopic (exact) mass is 388 g/mol. The molecule has 6 nitrogen and oxygen atoms in total. The van der Waals surface area contributed by atoms with Crippen LogP contribution in [0.5, 0.6) is 5.75 Å². The fraction of sp³-hybridized carbons (Fsp3) is 0.350. The summed E-state index contributed by atoms with van der Waals surface area (Å²) in [4.78, 5) is 14.8. The number of nitrogens with zero attached hydrogens (tertiary/aromatic N) is 1. The molecular formula is C20H24N2O4S. The molecule has 0 atom stereocenters. The van der Waals surface area contributed by atoms with Crippen molar-refractivity contribution in [1.29, 1.82) is 0 Å². The van der Waals surface area contributed by atoms with Crippen molar-refractivity contribution in [1.82, 2.24) is 9.62 Å². The quantitative estimate of drug-likeness (QED) is 0.826. The minimum absolute atomic E-state index is 0.0802. The highest BCUT2D eigenvalue weighted by atomic mass is 32.2. The van der Waals surface area contributed by atoms with E-state index in [9.17, 15) is 13.2 Å². The summed E-state index contributed by atoms with van der Waals surface area (Å²) in [6, 6.07) is 15.4. The van der Waals surface area contributed by atoms with Gasteiger partial charge in [-0.15, -0.1) is 0 Å². The Labute approximate surface area is 160 Å². The standard InChI is InChI=1S/C20H24N2O4S/c1-2-26-19-11-7-6-10-18(19)20(23)22-14-12-16(13-15-22)21-27(24,25)17-8-4-3-5-9-17/h3-11,16,21H,2,12-15H2,1H3. The summed E-state index contributed by atoms with van der Waals surface area (Å²) < 4.78 is 33.2. The first kappa shape index (κ1) is 19.4. The van der Waals surface area contributed by atoms with Crippen LogP contribution in [0.25, 0.3) is 0 Å². The van der Waals surface area contributed by atoms with E-state index in [1.165, 1.54) is 0 Å². The zero-order valence-electron chi connectivity index (χ0n) is 15.3. The number of amides is 1. The van der Waals surface area contributed by atoms with Crippen LogP contribution in [0.15, 0.2) is 59.5 Å². The molecule has 2 aromatic rings. The number of piperidine rings is 1. The number of carbonyl (C=O) groups is 1. The molecule has 1 N–H and O–H groups in total. The van der Waals surface area contributed by atoms with Crippen LogP contribution in [0, 0.1) is 0 Å². The summed E-state index contributed by atoms with van der Waals surface area (Å²) in [6.07, 6.45) is 1.16. The third-order valence-electron chi connectivity index (χ3n) is 4.57. The van der Waals surface area contributed by atoms with E-state index in [0.717, 1.165) is 0 Å². The normalized spacial score (nSPS) is 15.5. The smallest absolute Gasteiger partial charge is 0.257 e. The number of hydrogen-bond acceptors (Lipinski definition) is 4. The summed E-state index contributed by atoms with van der Waals surface area (Å²) in [5.41, 5.74) is 0.544. The Morgan fingerprint density at radius 2 is 1.70 bits per heavy atom. The molecule has 0 unspecified atom stereocenters. The van der Waals surface area contributed by atoms with Crippen LogP contribution in [0.3, 0.4) is 0 Å². The van der Waals surface area contributed by atoms with E-state index in [1.54, 1.807) is 47.4 Å². The summed E-state index contributed by atoms with van der Waals surface area (Å²) in [7, 11) is -3.54. The van der Waals surface area contributed by atoms with E-state index in [4.69, 9.17) is 4.74 Å². The lowest BCUT2D eigenvalue weighted by molar-refractivity contribution is 0.0707. The Kier molecular flexibility index (Phi) is 6.13. The van der Waals surface area contributed by atoms with Crippen LogP contribution in [0.4, 0.5) is 0 Å². The molecule has 0 aliphatic carbocycles. The highest BCUT2D eigenvalue weighted by molar-refractivity contribution is 7.89. The molecule has 144 valence electrons. The fourth-order valence-electron chi connectivity index (χ4n) is 3.18. The van der Waals surface area contributed by atoms with Gasteiger partial charge in [-0.05, 0) is 44.0 Å². The largest absolute Gasteiger partial charge is 0.493 e. The topological polar surface area (TPSA) is 75.7 Å². The zero-order valence-corrected chi connectivity index (χ0v) is 16.1. The summed E-state index contributed by atoms with van der Waals surface area (Å²) in [6.45, 7) is 3.38. The summed E-state index contributed by atoms with van der Waals surface area (Å²) in [5.74, 6) is 0.500. The van der Waals surface area contributed by atoms with Gasteiger partial charge in [0, 0.05) is 19.1 Å². The number of benzene rings is 2. The molecule has 7 heteroatoms. The van der Waals surface area contributed by atoms with Crippen molar-refractivity contribution in [2.75, 3.05) is 19.7 Å². The lowest BCUT2D eigenvalue weighted by Gasteiger charge is -2.32. The van der Waals surface area contributed by atoms with Crippen molar-refractivity contribution in [2.24, 2.45) is 0 Å². The van der Waals surface area contributed by atoms with Gasteiger partial charge >= 0.3 is 0 Å². The van der Waals surface area contributed by atoms with Gasteiger partial charge in [0.1, 0.15) is 5.75 Å². The van der Waals surface area contributed by atoms with Crippen LogP contribution in [0.1, 0.15) is 30.1 Å². The number of hydrogen-bond donors (Lipinski definition) is 1. The Balaban J connectivity index is 1.62. The van der Waals surface area contributed by atoms with Crippen molar-refractivity contribution < 1.29 is 17.9 Å². The van der Waals surface area contributed by atoms with Crippen LogP contribution < -0.4 is 9.46 Å². The van der Waals surface area contributed by atoms with Crippen molar-refractivity contribution in [2.45, 2.75) is 30.7 Å². The van der Waals surface area contributed by atoms with Gasteiger partial charge in [0.15, 0.2) is 0 Å². The second-order valence-corrected chi connectivity index (χ2v) is 8.14. The van der Waals surface area contributed by atoms with Gasteiger partial charge in [0.2, 0.25) is 10.0 Å². The van der Waals surface area contributed by atoms with Crippen LogP contribution >= 0.6 is 0 Å². The van der Waals surface area contributed by atoms with Crippen molar-refractivity contribution in [3.63, 3.8) is 0 Å². The molecular weight excluding hydrogens is 364 g/mol. The van der Waals surface area contributed by atoms with Gasteiger partial charge in [-0.2, -0.15) is 0 Å². The summed E-state index contributed by atoms with van der Waals surface area (Å²) >= 11 is 0. The van der Waals surface area contributed by atoms with Gasteiger partial charge in [-0.25, -0.2) is 13.1 Å². The van der Waals surface area contributed by atoms with Gasteiger partial charge < -0.3 is 9.64 Å². The van der Waals surface area contributed by atoms with Gasteiger partial charge in [0.25, 0.3) is 5.91 Å². The molecule has 27 heavy (non-hydrogen) atoms. The molecule has 1 heterocycles. The van der Waals surface area contributed by atoms with E-state index in [1.807, 2.05) is 19.1 Å². The molecule has 1 aliphatic heterocycles. The SMILES string of the molecule is CCOc1ccccc1C(=O)N1CCC(NS(=O)(=O)c2ccccc2)CC1. The minimum atomic E-state index is -3.54. The number of para-hydroxylation sites is 1. The molecule has 3 rings (SSSR count). The highest BCUT2D eigenvalue weighted by Crippen LogP contribution is 2.22. The molecule has 0 aromatic heterocycles. The molecule has 1 saturated heterocycles. The Bertz CT molecular complexity index is 876. The molecule has 2 aromatic carbocycles. The first-order valence-electron chi connectivity index (χ1n) is 9.09. The lowest BCUT2D eigenvalue weighted by atomic mass is 10.0. The maximum atomic E-state index is 12.8. The lowest BCUT2D eigenvalue weighted by Crippen LogP contribution is -2.46. The third kappa shape index (κ3) is 4.67. The predicted octanol–water partition coefficient (Wildman–Crippen LogP) is 2.67. The second-order valence-electron chi connectivity index (χ2n) is 6.43. The minimum Gasteiger partial charge on any atom is -0.493 e. The number of carbonyl (C=O) groups excluding carboxylic acids is 1. The molecule has 0 radical (unpaired) electrons. The number of ether oxygens (including phenoxy) is 1. The predicted molar refractivity (Wildman–Crippen MR) is 103 cm³/mol. The number of nitrogens with one attached hydrogen (secondary N) is 1. The Morgan fingerprint density at radius 3 is 2.37 bits per heavy atom. The Morgan fingerprint density at radius 1 is 1.07 bits per heavy atom. The van der Waals surface area contributed by atoms with Crippen LogP contribution in [-0.2, 0) is 10.0 Å². The maximum Gasteiger partial charge on any atom is 0.257 e. The van der Waals surface area contributed by atoms with E-state index in [2.05, 4.69) is 4.72 Å². The highest BCUT2D eigenvalue weighted by Gasteiger charge is 2.28. The molecule has 0 bridgehead atoms. The molecule has 0 spiro atoms. The first-order chi connectivity index (χ1) is 13.0. The van der Waals surface area contributed by atoms with Gasteiger partial charge in [0.05, 0.1) is 17.1 Å². The molecule has 0 saturated carbocycles. The number of sulfonamides is 1. The van der Waals surface area contributed by atoms with Gasteiger partial charge in [-0.3, -0.25) is 4.79 Å². The van der Waals surface area contributed by atoms with Gasteiger partial charge in [-0.1, -0.05) is 30.3 Å². The van der Waals surface area contributed by atoms with E-state index in [-0.39, 0.29) is 16.8 Å². The molecule has 1 fully saturated rings. The average molecular weight is 388 g/mol. The first-order valence-corrected chi connectivity index (χ1v) is 10.6. The van der Waals surface area contributed by atoms with Crippen molar-refractivity contribution in [3.8, 4) is 5.75 Å². The number of rotatable bonds is 6. The number of likely N-dealkylation sites (tertiary alicyclic amines) is 1. The van der Waals surface area contributed by atoms with Crippen LogP contribution in [-0.4, -0.2) is 45.0 Å². The Hall–Kier alpha value is -2.38. The second kappa shape index (κ2) is 8.54. The maximum absolute atomic E-state index is 12.8.